The number of nitrogens with two attached hydrogens (primary N) is 1. The van der Waals surface area contributed by atoms with Gasteiger partial charge < -0.3 is 10.6 Å². The summed E-state index contributed by atoms with van der Waals surface area (Å²) in [6, 6.07) is 8.59. The second-order valence-electron chi connectivity index (χ2n) is 4.31. The third kappa shape index (κ3) is 3.00. The Hall–Kier alpha value is -2.27. The number of amides is 1. The van der Waals surface area contributed by atoms with Gasteiger partial charge in [-0.1, -0.05) is 12.1 Å². The lowest BCUT2D eigenvalue weighted by molar-refractivity contribution is 0.0987. The van der Waals surface area contributed by atoms with Crippen molar-refractivity contribution >= 4 is 11.6 Å². The fourth-order valence-electron chi connectivity index (χ4n) is 1.94. The molecular formula is C15H16FN3O. The molecule has 20 heavy (non-hydrogen) atoms. The molecular weight excluding hydrogens is 257 g/mol. The number of carbonyl (C=O) groups excluding carboxylic acids is 1. The van der Waals surface area contributed by atoms with Gasteiger partial charge in [-0.15, -0.1) is 0 Å². The fraction of sp³-hybridized carbons (Fsp3) is 0.200. The Morgan fingerprint density at radius 1 is 1.30 bits per heavy atom. The Labute approximate surface area is 117 Å². The van der Waals surface area contributed by atoms with E-state index in [4.69, 9.17) is 5.73 Å². The van der Waals surface area contributed by atoms with E-state index in [-0.39, 0.29) is 11.5 Å². The second kappa shape index (κ2) is 6.25. The number of pyridine rings is 1. The van der Waals surface area contributed by atoms with E-state index in [9.17, 15) is 9.18 Å². The maximum atomic E-state index is 13.1. The average molecular weight is 273 g/mol. The minimum absolute atomic E-state index is 0.231. The number of aromatic nitrogens is 1. The molecule has 0 spiro atoms. The zero-order chi connectivity index (χ0) is 14.5. The molecule has 0 atom stereocenters. The summed E-state index contributed by atoms with van der Waals surface area (Å²) in [5.74, 6) is -0.801. The number of anilines is 1. The number of halogens is 1. The third-order valence-electron chi connectivity index (χ3n) is 3.00. The number of rotatable bonds is 4. The number of carbonyl (C=O) groups is 1. The van der Waals surface area contributed by atoms with E-state index in [1.807, 2.05) is 31.2 Å². The van der Waals surface area contributed by atoms with Gasteiger partial charge in [0.2, 0.25) is 0 Å². The summed E-state index contributed by atoms with van der Waals surface area (Å²) < 4.78 is 13.1. The van der Waals surface area contributed by atoms with Crippen molar-refractivity contribution in [2.45, 2.75) is 13.5 Å². The summed E-state index contributed by atoms with van der Waals surface area (Å²) in [4.78, 5) is 17.6. The minimum Gasteiger partial charge on any atom is -0.326 e. The van der Waals surface area contributed by atoms with Crippen LogP contribution in [0.4, 0.5) is 10.1 Å². The van der Waals surface area contributed by atoms with Crippen molar-refractivity contribution in [1.29, 1.82) is 0 Å². The molecule has 0 fully saturated rings. The lowest BCUT2D eigenvalue weighted by atomic mass is 10.1. The molecule has 0 aliphatic rings. The standard InChI is InChI=1S/C15H16FN3O/c1-2-19(14-5-3-11(8-17)4-6-14)15(20)12-7-13(16)10-18-9-12/h3-7,9-10H,2,8,17H2,1H3. The molecule has 1 amide bonds. The molecule has 0 aliphatic heterocycles. The smallest absolute Gasteiger partial charge is 0.259 e. The summed E-state index contributed by atoms with van der Waals surface area (Å²) in [7, 11) is 0. The highest BCUT2D eigenvalue weighted by Gasteiger charge is 2.16. The molecule has 0 unspecified atom stereocenters. The van der Waals surface area contributed by atoms with E-state index >= 15 is 0 Å². The van der Waals surface area contributed by atoms with E-state index < -0.39 is 5.82 Å². The molecule has 1 heterocycles. The Bertz CT molecular complexity index is 598. The molecule has 1 aromatic carbocycles. The van der Waals surface area contributed by atoms with Gasteiger partial charge in [-0.25, -0.2) is 4.39 Å². The van der Waals surface area contributed by atoms with Gasteiger partial charge in [0.05, 0.1) is 11.8 Å². The predicted octanol–water partition coefficient (Wildman–Crippen LogP) is 2.35. The normalized spacial score (nSPS) is 10.3. The van der Waals surface area contributed by atoms with Crippen molar-refractivity contribution in [3.63, 3.8) is 0 Å². The van der Waals surface area contributed by atoms with Crippen LogP contribution in [0.5, 0.6) is 0 Å². The van der Waals surface area contributed by atoms with Crippen molar-refractivity contribution in [1.82, 2.24) is 4.98 Å². The van der Waals surface area contributed by atoms with Gasteiger partial charge in [-0.2, -0.15) is 0 Å². The van der Waals surface area contributed by atoms with Crippen LogP contribution < -0.4 is 10.6 Å². The van der Waals surface area contributed by atoms with Gasteiger partial charge in [0.25, 0.3) is 5.91 Å². The lowest BCUT2D eigenvalue weighted by Gasteiger charge is -2.21. The van der Waals surface area contributed by atoms with E-state index in [1.165, 1.54) is 12.3 Å². The molecule has 2 rings (SSSR count). The van der Waals surface area contributed by atoms with Crippen molar-refractivity contribution < 1.29 is 9.18 Å². The molecule has 0 saturated carbocycles. The van der Waals surface area contributed by atoms with Crippen molar-refractivity contribution in [3.8, 4) is 0 Å². The molecule has 0 aliphatic carbocycles. The summed E-state index contributed by atoms with van der Waals surface area (Å²) in [5, 5.41) is 0. The van der Waals surface area contributed by atoms with Crippen LogP contribution in [0.3, 0.4) is 0 Å². The topological polar surface area (TPSA) is 59.2 Å². The average Bonchev–Trinajstić information content (AvgIpc) is 2.48. The monoisotopic (exact) mass is 273 g/mol. The summed E-state index contributed by atoms with van der Waals surface area (Å²) in [5.41, 5.74) is 7.52. The third-order valence-corrected chi connectivity index (χ3v) is 3.00. The first kappa shape index (κ1) is 14.1. The van der Waals surface area contributed by atoms with E-state index in [0.29, 0.717) is 13.1 Å². The molecule has 0 saturated heterocycles. The number of hydrogen-bond acceptors (Lipinski definition) is 3. The van der Waals surface area contributed by atoms with Crippen LogP contribution in [0, 0.1) is 5.82 Å². The van der Waals surface area contributed by atoms with Crippen molar-refractivity contribution in [3.05, 3.63) is 59.7 Å². The molecule has 5 heteroatoms. The zero-order valence-electron chi connectivity index (χ0n) is 11.2. The zero-order valence-corrected chi connectivity index (χ0v) is 11.2. The van der Waals surface area contributed by atoms with Crippen LogP contribution in [-0.4, -0.2) is 17.4 Å². The summed E-state index contributed by atoms with van der Waals surface area (Å²) in [6.07, 6.45) is 2.44. The number of nitrogens with zero attached hydrogens (tertiary/aromatic N) is 2. The van der Waals surface area contributed by atoms with Crippen LogP contribution in [0.25, 0.3) is 0 Å². The largest absolute Gasteiger partial charge is 0.326 e. The van der Waals surface area contributed by atoms with Crippen LogP contribution >= 0.6 is 0 Å². The van der Waals surface area contributed by atoms with E-state index in [2.05, 4.69) is 4.98 Å². The minimum atomic E-state index is -0.523. The highest BCUT2D eigenvalue weighted by atomic mass is 19.1. The van der Waals surface area contributed by atoms with Gasteiger partial charge in [0, 0.05) is 25.0 Å². The van der Waals surface area contributed by atoms with Crippen LogP contribution in [0.2, 0.25) is 0 Å². The first-order chi connectivity index (χ1) is 9.65. The molecule has 2 aromatic rings. The van der Waals surface area contributed by atoms with Crippen LogP contribution in [0.15, 0.2) is 42.7 Å². The Morgan fingerprint density at radius 2 is 2.00 bits per heavy atom. The van der Waals surface area contributed by atoms with Gasteiger partial charge in [-0.05, 0) is 30.7 Å². The molecule has 104 valence electrons. The summed E-state index contributed by atoms with van der Waals surface area (Å²) >= 11 is 0. The Balaban J connectivity index is 2.29. The molecule has 2 N–H and O–H groups in total. The molecule has 4 nitrogen and oxygen atoms in total. The predicted molar refractivity (Wildman–Crippen MR) is 75.9 cm³/mol. The molecule has 1 aromatic heterocycles. The molecule has 0 bridgehead atoms. The summed E-state index contributed by atoms with van der Waals surface area (Å²) in [6.45, 7) is 2.80. The Kier molecular flexibility index (Phi) is 4.42. The van der Waals surface area contributed by atoms with Crippen molar-refractivity contribution in [2.24, 2.45) is 5.73 Å². The number of hydrogen-bond donors (Lipinski definition) is 1. The van der Waals surface area contributed by atoms with Crippen LogP contribution in [0.1, 0.15) is 22.8 Å². The van der Waals surface area contributed by atoms with Crippen LogP contribution in [-0.2, 0) is 6.54 Å². The highest BCUT2D eigenvalue weighted by Crippen LogP contribution is 2.18. The SMILES string of the molecule is CCN(C(=O)c1cncc(F)c1)c1ccc(CN)cc1. The highest BCUT2D eigenvalue weighted by molar-refractivity contribution is 6.05. The maximum absolute atomic E-state index is 13.1. The molecule has 0 radical (unpaired) electrons. The first-order valence-corrected chi connectivity index (χ1v) is 6.37. The van der Waals surface area contributed by atoms with Gasteiger partial charge in [0.1, 0.15) is 5.82 Å². The van der Waals surface area contributed by atoms with E-state index in [1.54, 1.807) is 4.90 Å². The fourth-order valence-corrected chi connectivity index (χ4v) is 1.94. The maximum Gasteiger partial charge on any atom is 0.259 e. The second-order valence-corrected chi connectivity index (χ2v) is 4.31. The van der Waals surface area contributed by atoms with Gasteiger partial charge >= 0.3 is 0 Å². The number of benzene rings is 1. The Morgan fingerprint density at radius 3 is 2.55 bits per heavy atom. The lowest BCUT2D eigenvalue weighted by Crippen LogP contribution is -2.30. The van der Waals surface area contributed by atoms with Gasteiger partial charge in [0.15, 0.2) is 0 Å². The first-order valence-electron chi connectivity index (χ1n) is 6.37. The quantitative estimate of drug-likeness (QED) is 0.930. The van der Waals surface area contributed by atoms with Gasteiger partial charge in [-0.3, -0.25) is 9.78 Å². The van der Waals surface area contributed by atoms with E-state index in [0.717, 1.165) is 17.4 Å². The van der Waals surface area contributed by atoms with Crippen molar-refractivity contribution in [2.75, 3.05) is 11.4 Å².